The maximum atomic E-state index is 13.1. The average Bonchev–Trinajstić information content (AvgIpc) is 2.28. The first-order valence-electron chi connectivity index (χ1n) is 5.67. The van der Waals surface area contributed by atoms with Gasteiger partial charge in [-0.3, -0.25) is 4.79 Å². The summed E-state index contributed by atoms with van der Waals surface area (Å²) >= 11 is 0. The van der Waals surface area contributed by atoms with Crippen molar-refractivity contribution in [3.8, 4) is 0 Å². The second kappa shape index (κ2) is 5.42. The zero-order valence-corrected chi connectivity index (χ0v) is 10.00. The molecule has 0 aliphatic rings. The number of rotatable bonds is 5. The van der Waals surface area contributed by atoms with Gasteiger partial charge in [-0.15, -0.1) is 0 Å². The molecule has 1 unspecified atom stereocenters. The standard InChI is InChI=1S/C13H15F3O2/c1-2-8-12(11(17)18,13(14,15)16)9-10-6-4-3-5-7-10/h3-7H,2,8-9H2,1H3,(H,17,18). The Labute approximate surface area is 103 Å². The number of carboxylic acids is 1. The Morgan fingerprint density at radius 3 is 2.17 bits per heavy atom. The van der Waals surface area contributed by atoms with E-state index in [-0.39, 0.29) is 6.42 Å². The lowest BCUT2D eigenvalue weighted by Crippen LogP contribution is -2.46. The van der Waals surface area contributed by atoms with Crippen LogP contribution >= 0.6 is 0 Å². The third-order valence-electron chi connectivity index (χ3n) is 2.98. The summed E-state index contributed by atoms with van der Waals surface area (Å²) in [4.78, 5) is 11.1. The Balaban J connectivity index is 3.15. The van der Waals surface area contributed by atoms with Gasteiger partial charge in [-0.1, -0.05) is 43.7 Å². The summed E-state index contributed by atoms with van der Waals surface area (Å²) in [7, 11) is 0. The summed E-state index contributed by atoms with van der Waals surface area (Å²) in [5, 5.41) is 9.03. The third kappa shape index (κ3) is 2.83. The predicted molar refractivity (Wildman–Crippen MR) is 61.2 cm³/mol. The molecular formula is C13H15F3O2. The second-order valence-corrected chi connectivity index (χ2v) is 4.30. The maximum Gasteiger partial charge on any atom is 0.405 e. The summed E-state index contributed by atoms with van der Waals surface area (Å²) < 4.78 is 39.4. The smallest absolute Gasteiger partial charge is 0.405 e. The Morgan fingerprint density at radius 1 is 1.22 bits per heavy atom. The van der Waals surface area contributed by atoms with Crippen LogP contribution in [0.15, 0.2) is 30.3 Å². The molecule has 0 saturated carbocycles. The number of aliphatic carboxylic acids is 1. The first-order valence-corrected chi connectivity index (χ1v) is 5.67. The zero-order chi connectivity index (χ0) is 13.8. The van der Waals surface area contributed by atoms with E-state index in [1.807, 2.05) is 0 Å². The van der Waals surface area contributed by atoms with Gasteiger partial charge in [0.2, 0.25) is 0 Å². The monoisotopic (exact) mass is 260 g/mol. The second-order valence-electron chi connectivity index (χ2n) is 4.30. The van der Waals surface area contributed by atoms with Gasteiger partial charge < -0.3 is 5.11 Å². The fraction of sp³-hybridized carbons (Fsp3) is 0.462. The molecule has 2 nitrogen and oxygen atoms in total. The molecule has 0 amide bonds. The molecule has 0 heterocycles. The Morgan fingerprint density at radius 2 is 1.78 bits per heavy atom. The van der Waals surface area contributed by atoms with Crippen molar-refractivity contribution >= 4 is 5.97 Å². The van der Waals surface area contributed by atoms with Gasteiger partial charge in [-0.25, -0.2) is 0 Å². The highest BCUT2D eigenvalue weighted by Crippen LogP contribution is 2.45. The van der Waals surface area contributed by atoms with E-state index in [0.717, 1.165) is 0 Å². The number of hydrogen-bond donors (Lipinski definition) is 1. The molecule has 1 aromatic carbocycles. The molecule has 0 radical (unpaired) electrons. The van der Waals surface area contributed by atoms with Crippen LogP contribution in [0.5, 0.6) is 0 Å². The molecule has 100 valence electrons. The van der Waals surface area contributed by atoms with Gasteiger partial charge in [0.25, 0.3) is 0 Å². The molecule has 5 heteroatoms. The first kappa shape index (κ1) is 14.5. The minimum absolute atomic E-state index is 0.165. The Hall–Kier alpha value is -1.52. The summed E-state index contributed by atoms with van der Waals surface area (Å²) in [5.41, 5.74) is -2.31. The van der Waals surface area contributed by atoms with E-state index in [0.29, 0.717) is 5.56 Å². The maximum absolute atomic E-state index is 13.1. The lowest BCUT2D eigenvalue weighted by atomic mass is 9.77. The zero-order valence-electron chi connectivity index (χ0n) is 10.00. The van der Waals surface area contributed by atoms with Crippen LogP contribution in [0.4, 0.5) is 13.2 Å². The van der Waals surface area contributed by atoms with Crippen LogP contribution in [0.25, 0.3) is 0 Å². The number of carbonyl (C=O) groups is 1. The number of halogens is 3. The summed E-state index contributed by atoms with van der Waals surface area (Å²) in [6, 6.07) is 7.91. The van der Waals surface area contributed by atoms with Gasteiger partial charge in [0.1, 0.15) is 0 Å². The highest BCUT2D eigenvalue weighted by atomic mass is 19.4. The lowest BCUT2D eigenvalue weighted by molar-refractivity contribution is -0.233. The van der Waals surface area contributed by atoms with Crippen molar-refractivity contribution < 1.29 is 23.1 Å². The molecule has 0 saturated heterocycles. The van der Waals surface area contributed by atoms with E-state index < -0.39 is 30.4 Å². The highest BCUT2D eigenvalue weighted by molar-refractivity contribution is 5.76. The van der Waals surface area contributed by atoms with Crippen molar-refractivity contribution in [1.29, 1.82) is 0 Å². The number of benzene rings is 1. The molecule has 0 aliphatic carbocycles. The molecule has 0 aliphatic heterocycles. The molecule has 0 spiro atoms. The van der Waals surface area contributed by atoms with E-state index in [1.54, 1.807) is 25.1 Å². The van der Waals surface area contributed by atoms with Gasteiger partial charge in [-0.05, 0) is 18.4 Å². The molecular weight excluding hydrogens is 245 g/mol. The van der Waals surface area contributed by atoms with Crippen LogP contribution in [0.3, 0.4) is 0 Å². The van der Waals surface area contributed by atoms with Crippen molar-refractivity contribution in [2.24, 2.45) is 5.41 Å². The number of carboxylic acid groups (broad SMARTS) is 1. The summed E-state index contributed by atoms with van der Waals surface area (Å²) in [6.45, 7) is 1.55. The third-order valence-corrected chi connectivity index (χ3v) is 2.98. The van der Waals surface area contributed by atoms with Gasteiger partial charge in [-0.2, -0.15) is 13.2 Å². The quantitative estimate of drug-likeness (QED) is 0.877. The van der Waals surface area contributed by atoms with Gasteiger partial charge >= 0.3 is 12.1 Å². The molecule has 0 fully saturated rings. The van der Waals surface area contributed by atoms with Crippen LogP contribution in [-0.4, -0.2) is 17.3 Å². The summed E-state index contributed by atoms with van der Waals surface area (Å²) in [5.74, 6) is -1.80. The first-order chi connectivity index (χ1) is 8.33. The van der Waals surface area contributed by atoms with Gasteiger partial charge in [0, 0.05) is 0 Å². The van der Waals surface area contributed by atoms with Crippen molar-refractivity contribution in [3.05, 3.63) is 35.9 Å². The molecule has 1 atom stereocenters. The number of alkyl halides is 3. The summed E-state index contributed by atoms with van der Waals surface area (Å²) in [6.07, 6.45) is -5.54. The van der Waals surface area contributed by atoms with Crippen molar-refractivity contribution in [3.63, 3.8) is 0 Å². The van der Waals surface area contributed by atoms with Crippen LogP contribution in [0, 0.1) is 5.41 Å². The van der Waals surface area contributed by atoms with Crippen molar-refractivity contribution in [1.82, 2.24) is 0 Å². The molecule has 18 heavy (non-hydrogen) atoms. The Bertz CT molecular complexity index is 400. The van der Waals surface area contributed by atoms with Crippen LogP contribution in [0.1, 0.15) is 25.3 Å². The Kier molecular flexibility index (Phi) is 4.38. The van der Waals surface area contributed by atoms with Crippen molar-refractivity contribution in [2.75, 3.05) is 0 Å². The molecule has 1 aromatic rings. The van der Waals surface area contributed by atoms with Crippen LogP contribution in [0.2, 0.25) is 0 Å². The minimum atomic E-state index is -4.76. The molecule has 0 bridgehead atoms. The van der Waals surface area contributed by atoms with Gasteiger partial charge in [0.15, 0.2) is 5.41 Å². The van der Waals surface area contributed by atoms with E-state index in [1.165, 1.54) is 12.1 Å². The topological polar surface area (TPSA) is 37.3 Å². The lowest BCUT2D eigenvalue weighted by Gasteiger charge is -2.31. The fourth-order valence-corrected chi connectivity index (χ4v) is 2.01. The SMILES string of the molecule is CCCC(Cc1ccccc1)(C(=O)O)C(F)(F)F. The molecule has 1 N–H and O–H groups in total. The highest BCUT2D eigenvalue weighted by Gasteiger charge is 2.59. The van der Waals surface area contributed by atoms with E-state index in [4.69, 9.17) is 5.11 Å². The molecule has 0 aromatic heterocycles. The minimum Gasteiger partial charge on any atom is -0.481 e. The fourth-order valence-electron chi connectivity index (χ4n) is 2.01. The van der Waals surface area contributed by atoms with Crippen molar-refractivity contribution in [2.45, 2.75) is 32.4 Å². The predicted octanol–water partition coefficient (Wildman–Crippen LogP) is 3.66. The largest absolute Gasteiger partial charge is 0.481 e. The van der Waals surface area contributed by atoms with Crippen LogP contribution in [-0.2, 0) is 11.2 Å². The van der Waals surface area contributed by atoms with E-state index in [9.17, 15) is 18.0 Å². The van der Waals surface area contributed by atoms with E-state index in [2.05, 4.69) is 0 Å². The number of hydrogen-bond acceptors (Lipinski definition) is 1. The van der Waals surface area contributed by atoms with Gasteiger partial charge in [0.05, 0.1) is 0 Å². The normalized spacial score (nSPS) is 15.1. The van der Waals surface area contributed by atoms with E-state index >= 15 is 0 Å². The molecule has 1 rings (SSSR count). The van der Waals surface area contributed by atoms with Crippen LogP contribution < -0.4 is 0 Å². The average molecular weight is 260 g/mol.